The van der Waals surface area contributed by atoms with Crippen LogP contribution in [0.2, 0.25) is 0 Å². The minimum absolute atomic E-state index is 0.0130. The Morgan fingerprint density at radius 2 is 1.96 bits per heavy atom. The number of rotatable bonds is 6. The summed E-state index contributed by atoms with van der Waals surface area (Å²) in [7, 11) is 0. The maximum Gasteiger partial charge on any atom is 0.258 e. The van der Waals surface area contributed by atoms with E-state index in [1.807, 2.05) is 32.9 Å². The van der Waals surface area contributed by atoms with Gasteiger partial charge in [0.15, 0.2) is 6.61 Å². The predicted molar refractivity (Wildman–Crippen MR) is 90.8 cm³/mol. The lowest BCUT2D eigenvalue weighted by atomic mass is 10.0. The normalized spacial score (nSPS) is 10.9. The molecule has 2 aromatic rings. The molecule has 0 aliphatic carbocycles. The molecule has 0 radical (unpaired) electrons. The van der Waals surface area contributed by atoms with E-state index in [1.165, 1.54) is 0 Å². The van der Waals surface area contributed by atoms with Crippen molar-refractivity contribution < 1.29 is 13.9 Å². The van der Waals surface area contributed by atoms with Gasteiger partial charge in [0.1, 0.15) is 17.3 Å². The summed E-state index contributed by atoms with van der Waals surface area (Å²) in [6.07, 6.45) is 0. The van der Waals surface area contributed by atoms with Gasteiger partial charge in [-0.25, -0.2) is 0 Å². The van der Waals surface area contributed by atoms with Crippen LogP contribution in [0.25, 0.3) is 0 Å². The minimum atomic E-state index is -0.139. The van der Waals surface area contributed by atoms with E-state index in [2.05, 4.69) is 31.3 Å². The Morgan fingerprint density at radius 1 is 1.22 bits per heavy atom. The fraction of sp³-hybridized carbons (Fsp3) is 0.421. The summed E-state index contributed by atoms with van der Waals surface area (Å²) in [6, 6.07) is 8.04. The highest BCUT2D eigenvalue weighted by molar-refractivity contribution is 5.77. The van der Waals surface area contributed by atoms with Crippen LogP contribution in [0.4, 0.5) is 0 Å². The second-order valence-corrected chi connectivity index (χ2v) is 6.20. The van der Waals surface area contributed by atoms with Crippen LogP contribution in [0.3, 0.4) is 0 Å². The van der Waals surface area contributed by atoms with Crippen molar-refractivity contribution in [2.45, 2.75) is 47.1 Å². The molecule has 2 rings (SSSR count). The number of furan rings is 1. The zero-order chi connectivity index (χ0) is 17.0. The number of carbonyl (C=O) groups excluding carboxylic acids is 1. The molecule has 1 aromatic heterocycles. The van der Waals surface area contributed by atoms with Gasteiger partial charge in [-0.2, -0.15) is 0 Å². The van der Waals surface area contributed by atoms with Crippen LogP contribution in [-0.2, 0) is 11.3 Å². The molecule has 0 saturated carbocycles. The molecule has 0 saturated heterocycles. The van der Waals surface area contributed by atoms with Gasteiger partial charge in [-0.05, 0) is 49.9 Å². The van der Waals surface area contributed by atoms with Crippen molar-refractivity contribution in [1.29, 1.82) is 0 Å². The molecule has 0 fully saturated rings. The molecule has 23 heavy (non-hydrogen) atoms. The fourth-order valence-corrected chi connectivity index (χ4v) is 2.49. The van der Waals surface area contributed by atoms with Gasteiger partial charge in [0.2, 0.25) is 0 Å². The van der Waals surface area contributed by atoms with Crippen LogP contribution in [0.1, 0.15) is 48.0 Å². The number of aryl methyl sites for hydroxylation is 3. The first-order valence-electron chi connectivity index (χ1n) is 7.92. The Balaban J connectivity index is 1.92. The summed E-state index contributed by atoms with van der Waals surface area (Å²) in [6.45, 7) is 10.5. The van der Waals surface area contributed by atoms with Gasteiger partial charge in [0.25, 0.3) is 5.91 Å². The van der Waals surface area contributed by atoms with E-state index >= 15 is 0 Å². The van der Waals surface area contributed by atoms with Gasteiger partial charge < -0.3 is 14.5 Å². The lowest BCUT2D eigenvalue weighted by Gasteiger charge is -2.14. The van der Waals surface area contributed by atoms with Crippen molar-refractivity contribution in [2.75, 3.05) is 6.61 Å². The number of hydrogen-bond acceptors (Lipinski definition) is 3. The summed E-state index contributed by atoms with van der Waals surface area (Å²) in [5.74, 6) is 2.68. The first kappa shape index (κ1) is 17.1. The Kier molecular flexibility index (Phi) is 5.48. The van der Waals surface area contributed by atoms with Crippen molar-refractivity contribution >= 4 is 5.91 Å². The van der Waals surface area contributed by atoms with E-state index in [1.54, 1.807) is 0 Å². The second kappa shape index (κ2) is 7.36. The van der Waals surface area contributed by atoms with Crippen LogP contribution in [0.15, 0.2) is 28.7 Å². The van der Waals surface area contributed by atoms with Crippen molar-refractivity contribution in [3.63, 3.8) is 0 Å². The molecule has 1 heterocycles. The summed E-state index contributed by atoms with van der Waals surface area (Å²) in [5, 5.41) is 2.86. The summed E-state index contributed by atoms with van der Waals surface area (Å²) in [4.78, 5) is 12.0. The molecule has 124 valence electrons. The Morgan fingerprint density at radius 3 is 2.57 bits per heavy atom. The largest absolute Gasteiger partial charge is 0.483 e. The number of nitrogens with one attached hydrogen (secondary N) is 1. The highest BCUT2D eigenvalue weighted by Gasteiger charge is 2.11. The smallest absolute Gasteiger partial charge is 0.258 e. The lowest BCUT2D eigenvalue weighted by molar-refractivity contribution is -0.123. The Hall–Kier alpha value is -2.23. The third-order valence-electron chi connectivity index (χ3n) is 3.77. The van der Waals surface area contributed by atoms with Gasteiger partial charge in [-0.3, -0.25) is 4.79 Å². The van der Waals surface area contributed by atoms with Crippen molar-refractivity contribution in [3.8, 4) is 5.75 Å². The average molecular weight is 315 g/mol. The van der Waals surface area contributed by atoms with E-state index in [4.69, 9.17) is 9.15 Å². The number of benzene rings is 1. The van der Waals surface area contributed by atoms with E-state index < -0.39 is 0 Å². The second-order valence-electron chi connectivity index (χ2n) is 6.20. The first-order chi connectivity index (χ1) is 10.9. The van der Waals surface area contributed by atoms with Crippen LogP contribution < -0.4 is 10.1 Å². The molecule has 1 N–H and O–H groups in total. The summed E-state index contributed by atoms with van der Waals surface area (Å²) in [5.41, 5.74) is 3.23. The molecule has 4 heteroatoms. The maximum absolute atomic E-state index is 12.0. The zero-order valence-corrected chi connectivity index (χ0v) is 14.5. The maximum atomic E-state index is 12.0. The third kappa shape index (κ3) is 4.62. The highest BCUT2D eigenvalue weighted by Crippen LogP contribution is 2.27. The zero-order valence-electron chi connectivity index (χ0n) is 14.5. The lowest BCUT2D eigenvalue weighted by Crippen LogP contribution is -2.28. The van der Waals surface area contributed by atoms with E-state index in [-0.39, 0.29) is 12.5 Å². The molecule has 0 unspecified atom stereocenters. The monoisotopic (exact) mass is 315 g/mol. The Bertz CT molecular complexity index is 686. The van der Waals surface area contributed by atoms with E-state index in [0.29, 0.717) is 12.5 Å². The van der Waals surface area contributed by atoms with Crippen LogP contribution in [-0.4, -0.2) is 12.5 Å². The van der Waals surface area contributed by atoms with Crippen molar-refractivity contribution in [3.05, 3.63) is 52.5 Å². The molecular weight excluding hydrogens is 290 g/mol. The molecule has 0 bridgehead atoms. The molecular formula is C19H25NO3. The van der Waals surface area contributed by atoms with Crippen LogP contribution in [0.5, 0.6) is 5.75 Å². The molecule has 0 spiro atoms. The SMILES string of the molecule is Cc1ccc(C(C)C)c(OCC(=O)NCc2cc(C)oc2C)c1. The van der Waals surface area contributed by atoms with Gasteiger partial charge in [-0.1, -0.05) is 26.0 Å². The number of carbonyl (C=O) groups is 1. The average Bonchev–Trinajstić information content (AvgIpc) is 2.80. The Labute approximate surface area is 137 Å². The number of amides is 1. The van der Waals surface area contributed by atoms with Gasteiger partial charge in [0.05, 0.1) is 0 Å². The molecule has 1 aromatic carbocycles. The molecule has 0 aliphatic heterocycles. The van der Waals surface area contributed by atoms with Gasteiger partial charge in [-0.15, -0.1) is 0 Å². The molecule has 0 aliphatic rings. The molecule has 4 nitrogen and oxygen atoms in total. The minimum Gasteiger partial charge on any atom is -0.483 e. The van der Waals surface area contributed by atoms with Crippen LogP contribution in [0, 0.1) is 20.8 Å². The standard InChI is InChI=1S/C19H25NO3/c1-12(2)17-7-6-13(3)8-18(17)22-11-19(21)20-10-16-9-14(4)23-15(16)5/h6-9,12H,10-11H2,1-5H3,(H,20,21). The number of hydrogen-bond donors (Lipinski definition) is 1. The van der Waals surface area contributed by atoms with E-state index in [0.717, 1.165) is 34.0 Å². The summed E-state index contributed by atoms with van der Waals surface area (Å²) >= 11 is 0. The quantitative estimate of drug-likeness (QED) is 0.876. The molecule has 0 atom stereocenters. The van der Waals surface area contributed by atoms with E-state index in [9.17, 15) is 4.79 Å². The van der Waals surface area contributed by atoms with Gasteiger partial charge >= 0.3 is 0 Å². The first-order valence-corrected chi connectivity index (χ1v) is 7.92. The highest BCUT2D eigenvalue weighted by atomic mass is 16.5. The fourth-order valence-electron chi connectivity index (χ4n) is 2.49. The van der Waals surface area contributed by atoms with Crippen LogP contribution >= 0.6 is 0 Å². The van der Waals surface area contributed by atoms with Crippen molar-refractivity contribution in [2.24, 2.45) is 0 Å². The van der Waals surface area contributed by atoms with Gasteiger partial charge in [0, 0.05) is 12.1 Å². The number of ether oxygens (including phenoxy) is 1. The third-order valence-corrected chi connectivity index (χ3v) is 3.77. The topological polar surface area (TPSA) is 51.5 Å². The predicted octanol–water partition coefficient (Wildman–Crippen LogP) is 4.02. The van der Waals surface area contributed by atoms with Crippen molar-refractivity contribution in [1.82, 2.24) is 5.32 Å². The summed E-state index contributed by atoms with van der Waals surface area (Å²) < 4.78 is 11.2. The molecule has 1 amide bonds.